The molecule has 5 nitrogen and oxygen atoms in total. The topological polar surface area (TPSA) is 71.9 Å². The molecule has 0 aliphatic heterocycles. The van der Waals surface area contributed by atoms with Crippen molar-refractivity contribution in [3.8, 4) is 11.8 Å². The number of halogens is 3. The van der Waals surface area contributed by atoms with E-state index in [9.17, 15) is 28.5 Å². The average molecular weight is 383 g/mol. The molecule has 0 amide bonds. The van der Waals surface area contributed by atoms with Crippen LogP contribution in [0.4, 0.5) is 18.9 Å². The molecule has 0 fully saturated rings. The summed E-state index contributed by atoms with van der Waals surface area (Å²) in [5.74, 6) is 0. The van der Waals surface area contributed by atoms with Crippen LogP contribution in [0.1, 0.15) is 16.8 Å². The van der Waals surface area contributed by atoms with Gasteiger partial charge in [-0.2, -0.15) is 18.4 Å². The van der Waals surface area contributed by atoms with Crippen molar-refractivity contribution in [1.29, 1.82) is 5.26 Å². The second-order valence-corrected chi connectivity index (χ2v) is 5.82. The molecule has 0 saturated heterocycles. The minimum Gasteiger partial charge on any atom is -0.317 e. The third kappa shape index (κ3) is 3.94. The van der Waals surface area contributed by atoms with E-state index in [-0.39, 0.29) is 11.3 Å². The number of hydrogen-bond donors (Lipinski definition) is 0. The number of nitriles is 1. The van der Waals surface area contributed by atoms with Gasteiger partial charge in [-0.05, 0) is 54.1 Å². The Kier molecular flexibility index (Phi) is 5.00. The van der Waals surface area contributed by atoms with Gasteiger partial charge in [0.2, 0.25) is 0 Å². The highest BCUT2D eigenvalue weighted by atomic mass is 19.4. The van der Waals surface area contributed by atoms with E-state index in [1.807, 2.05) is 6.07 Å². The molecule has 0 N–H and O–H groups in total. The number of aromatic nitrogens is 1. The van der Waals surface area contributed by atoms with E-state index >= 15 is 0 Å². The number of rotatable bonds is 4. The predicted octanol–water partition coefficient (Wildman–Crippen LogP) is 5.47. The van der Waals surface area contributed by atoms with Crippen LogP contribution >= 0.6 is 0 Å². The zero-order valence-corrected chi connectivity index (χ0v) is 14.2. The molecule has 28 heavy (non-hydrogen) atoms. The highest BCUT2D eigenvalue weighted by Gasteiger charge is 2.30. The van der Waals surface area contributed by atoms with Crippen molar-refractivity contribution >= 4 is 17.3 Å². The summed E-state index contributed by atoms with van der Waals surface area (Å²) in [7, 11) is 0. The van der Waals surface area contributed by atoms with E-state index in [1.165, 1.54) is 47.0 Å². The van der Waals surface area contributed by atoms with Crippen LogP contribution in [0.2, 0.25) is 0 Å². The summed E-state index contributed by atoms with van der Waals surface area (Å²) in [5.41, 5.74) is 0.603. The fourth-order valence-corrected chi connectivity index (χ4v) is 2.67. The number of non-ortho nitro benzene ring substituents is 1. The summed E-state index contributed by atoms with van der Waals surface area (Å²) >= 11 is 0. The molecule has 1 aromatic heterocycles. The first-order chi connectivity index (χ1) is 13.3. The molecule has 8 heteroatoms. The molecule has 0 aliphatic carbocycles. The van der Waals surface area contributed by atoms with Gasteiger partial charge in [-0.25, -0.2) is 0 Å². The second kappa shape index (κ2) is 7.40. The third-order valence-electron chi connectivity index (χ3n) is 4.03. The molecule has 3 aromatic rings. The molecule has 0 atom stereocenters. The van der Waals surface area contributed by atoms with Crippen molar-refractivity contribution in [3.05, 3.63) is 93.8 Å². The van der Waals surface area contributed by atoms with E-state index in [0.717, 1.165) is 12.1 Å². The molecule has 0 unspecified atom stereocenters. The van der Waals surface area contributed by atoms with Crippen LogP contribution in [-0.2, 0) is 6.18 Å². The smallest absolute Gasteiger partial charge is 0.317 e. The van der Waals surface area contributed by atoms with Gasteiger partial charge < -0.3 is 4.57 Å². The lowest BCUT2D eigenvalue weighted by atomic mass is 10.1. The summed E-state index contributed by atoms with van der Waals surface area (Å²) in [6, 6.07) is 15.6. The minimum atomic E-state index is -4.46. The van der Waals surface area contributed by atoms with Gasteiger partial charge in [0.05, 0.1) is 22.1 Å². The predicted molar refractivity (Wildman–Crippen MR) is 97.4 cm³/mol. The van der Waals surface area contributed by atoms with Gasteiger partial charge >= 0.3 is 6.18 Å². The van der Waals surface area contributed by atoms with Crippen LogP contribution in [0.3, 0.4) is 0 Å². The summed E-state index contributed by atoms with van der Waals surface area (Å²) in [6.45, 7) is 0. The quantitative estimate of drug-likeness (QED) is 0.341. The molecular weight excluding hydrogens is 371 g/mol. The third-order valence-corrected chi connectivity index (χ3v) is 4.03. The molecule has 0 aliphatic rings. The van der Waals surface area contributed by atoms with Crippen LogP contribution in [0.15, 0.2) is 66.9 Å². The monoisotopic (exact) mass is 383 g/mol. The van der Waals surface area contributed by atoms with Crippen molar-refractivity contribution in [2.24, 2.45) is 0 Å². The van der Waals surface area contributed by atoms with Gasteiger partial charge in [0, 0.05) is 29.7 Å². The lowest BCUT2D eigenvalue weighted by Crippen LogP contribution is -2.06. The van der Waals surface area contributed by atoms with Crippen molar-refractivity contribution in [1.82, 2.24) is 4.57 Å². The van der Waals surface area contributed by atoms with Crippen molar-refractivity contribution in [2.45, 2.75) is 6.18 Å². The van der Waals surface area contributed by atoms with Gasteiger partial charge in [-0.15, -0.1) is 0 Å². The highest BCUT2D eigenvalue weighted by Crippen LogP contribution is 2.31. The zero-order valence-electron chi connectivity index (χ0n) is 14.2. The summed E-state index contributed by atoms with van der Waals surface area (Å²) in [6.07, 6.45) is -1.36. The van der Waals surface area contributed by atoms with Crippen LogP contribution in [0.25, 0.3) is 17.3 Å². The molecular formula is C20H12F3N3O2. The fraction of sp³-hybridized carbons (Fsp3) is 0.0500. The lowest BCUT2D eigenvalue weighted by Gasteiger charge is -2.11. The number of hydrogen-bond acceptors (Lipinski definition) is 3. The number of nitrogens with zero attached hydrogens (tertiary/aromatic N) is 3. The number of allylic oxidation sites excluding steroid dienone is 1. The van der Waals surface area contributed by atoms with Gasteiger partial charge in [0.25, 0.3) is 5.69 Å². The Hall–Kier alpha value is -3.86. The Morgan fingerprint density at radius 1 is 1.11 bits per heavy atom. The maximum absolute atomic E-state index is 13.0. The summed E-state index contributed by atoms with van der Waals surface area (Å²) in [5, 5.41) is 20.2. The standard InChI is InChI=1S/C20H12F3N3O2/c21-20(22,23)16-3-1-4-19(12-16)25-10-2-5-18(25)11-15(13-24)14-6-8-17(9-7-14)26(27)28/h1-12H/b15-11-. The van der Waals surface area contributed by atoms with E-state index in [0.29, 0.717) is 16.9 Å². The first-order valence-electron chi connectivity index (χ1n) is 8.01. The van der Waals surface area contributed by atoms with Gasteiger partial charge in [0.1, 0.15) is 0 Å². The molecule has 0 bridgehead atoms. The Balaban J connectivity index is 2.01. The molecule has 0 spiro atoms. The van der Waals surface area contributed by atoms with Gasteiger partial charge in [-0.3, -0.25) is 10.1 Å². The van der Waals surface area contributed by atoms with Gasteiger partial charge in [0.15, 0.2) is 0 Å². The molecule has 2 aromatic carbocycles. The largest absolute Gasteiger partial charge is 0.416 e. The fourth-order valence-electron chi connectivity index (χ4n) is 2.67. The number of nitro groups is 1. The molecule has 0 radical (unpaired) electrons. The molecule has 1 heterocycles. The van der Waals surface area contributed by atoms with Crippen molar-refractivity contribution in [2.75, 3.05) is 0 Å². The summed E-state index contributed by atoms with van der Waals surface area (Å²) in [4.78, 5) is 10.2. The maximum Gasteiger partial charge on any atom is 0.416 e. The first kappa shape index (κ1) is 18.9. The summed E-state index contributed by atoms with van der Waals surface area (Å²) < 4.78 is 40.4. The van der Waals surface area contributed by atoms with Crippen LogP contribution in [0.5, 0.6) is 0 Å². The van der Waals surface area contributed by atoms with E-state index in [1.54, 1.807) is 18.3 Å². The van der Waals surface area contributed by atoms with E-state index < -0.39 is 16.7 Å². The molecule has 140 valence electrons. The maximum atomic E-state index is 13.0. The Bertz CT molecular complexity index is 1090. The van der Waals surface area contributed by atoms with Gasteiger partial charge in [-0.1, -0.05) is 6.07 Å². The Labute approximate surface area is 157 Å². The van der Waals surface area contributed by atoms with Crippen molar-refractivity contribution < 1.29 is 18.1 Å². The SMILES string of the molecule is N#C/C(=C/c1cccn1-c1cccc(C(F)(F)F)c1)c1ccc([N+](=O)[O-])cc1. The van der Waals surface area contributed by atoms with Crippen LogP contribution in [0, 0.1) is 21.4 Å². The minimum absolute atomic E-state index is 0.103. The lowest BCUT2D eigenvalue weighted by molar-refractivity contribution is -0.384. The number of alkyl halides is 3. The first-order valence-corrected chi connectivity index (χ1v) is 8.01. The number of nitro benzene ring substituents is 1. The zero-order chi connectivity index (χ0) is 20.3. The molecule has 0 saturated carbocycles. The normalized spacial score (nSPS) is 11.9. The molecule has 3 rings (SSSR count). The van der Waals surface area contributed by atoms with Crippen LogP contribution in [-0.4, -0.2) is 9.49 Å². The average Bonchev–Trinajstić information content (AvgIpc) is 3.14. The van der Waals surface area contributed by atoms with E-state index in [2.05, 4.69) is 0 Å². The Morgan fingerprint density at radius 2 is 1.82 bits per heavy atom. The highest BCUT2D eigenvalue weighted by molar-refractivity contribution is 5.89. The van der Waals surface area contributed by atoms with E-state index in [4.69, 9.17) is 0 Å². The van der Waals surface area contributed by atoms with Crippen LogP contribution < -0.4 is 0 Å². The Morgan fingerprint density at radius 3 is 2.43 bits per heavy atom. The van der Waals surface area contributed by atoms with Crippen molar-refractivity contribution in [3.63, 3.8) is 0 Å². The number of benzene rings is 2. The second-order valence-electron chi connectivity index (χ2n) is 5.82.